The number of hydrogen-bond donors (Lipinski definition) is 0. The second-order valence-electron chi connectivity index (χ2n) is 9.20. The van der Waals surface area contributed by atoms with Crippen LogP contribution in [0.2, 0.25) is 0 Å². The second kappa shape index (κ2) is 11.4. The smallest absolute Gasteiger partial charge is 0.336 e. The average molecular weight is 599 g/mol. The molecule has 3 heterocycles. The van der Waals surface area contributed by atoms with E-state index in [1.165, 1.54) is 24.1 Å². The Labute approximate surface area is 232 Å². The minimum Gasteiger partial charge on any atom is -0.336 e. The molecule has 214 valence electrons. The van der Waals surface area contributed by atoms with Gasteiger partial charge < -0.3 is 13.9 Å². The van der Waals surface area contributed by atoms with Crippen molar-refractivity contribution in [2.45, 2.75) is 39.4 Å². The molecular weight excluding hydrogens is 571 g/mol. The fraction of sp³-hybridized carbons (Fsp3) is 0.423. The van der Waals surface area contributed by atoms with E-state index < -0.39 is 48.8 Å². The van der Waals surface area contributed by atoms with E-state index >= 15 is 4.39 Å². The van der Waals surface area contributed by atoms with Crippen LogP contribution in [0.3, 0.4) is 0 Å². The van der Waals surface area contributed by atoms with Crippen molar-refractivity contribution in [2.75, 3.05) is 25.9 Å². The Kier molecular flexibility index (Phi) is 8.57. The number of aromatic nitrogens is 2. The maximum Gasteiger partial charge on any atom is 0.435 e. The van der Waals surface area contributed by atoms with E-state index in [1.54, 1.807) is 20.8 Å². The molecule has 0 bridgehead atoms. The molecule has 1 amide bonds. The van der Waals surface area contributed by atoms with Crippen molar-refractivity contribution in [3.63, 3.8) is 0 Å². The third-order valence-electron chi connectivity index (χ3n) is 6.58. The van der Waals surface area contributed by atoms with Gasteiger partial charge in [-0.15, -0.1) is 11.3 Å². The molecule has 0 fully saturated rings. The zero-order valence-electron chi connectivity index (χ0n) is 22.2. The Bertz CT molecular complexity index is 1520. The summed E-state index contributed by atoms with van der Waals surface area (Å²) in [5.74, 6) is -2.22. The van der Waals surface area contributed by atoms with Crippen LogP contribution in [0.4, 0.5) is 17.6 Å². The monoisotopic (exact) mass is 598 g/mol. The van der Waals surface area contributed by atoms with Crippen LogP contribution in [0, 0.1) is 24.1 Å². The predicted molar refractivity (Wildman–Crippen MR) is 140 cm³/mol. The standard InChI is InChI=1S/C26H27F4N4O4PS/c1-5-37-39(36,38-6-2)14-22(35)34-12-17(23-15(3)20(10-31)40-21(23)13-34)16-8-7-9-19(27)24(16)18-11-33(4)32-25(18)26(28,29)30/h7-9,11,17H,5-6,12-14H2,1-4H3/t17-/m0/s1. The van der Waals surface area contributed by atoms with E-state index in [2.05, 4.69) is 11.2 Å². The van der Waals surface area contributed by atoms with Crippen LogP contribution in [0.1, 0.15) is 51.9 Å². The van der Waals surface area contributed by atoms with Crippen molar-refractivity contribution in [2.24, 2.45) is 7.05 Å². The summed E-state index contributed by atoms with van der Waals surface area (Å²) in [5, 5.41) is 13.2. The maximum absolute atomic E-state index is 15.5. The molecule has 3 aromatic rings. The lowest BCUT2D eigenvalue weighted by atomic mass is 9.81. The van der Waals surface area contributed by atoms with E-state index in [-0.39, 0.29) is 37.4 Å². The van der Waals surface area contributed by atoms with Crippen LogP contribution in [0.15, 0.2) is 24.4 Å². The van der Waals surface area contributed by atoms with Gasteiger partial charge in [-0.05, 0) is 43.5 Å². The number of nitrogens with zero attached hydrogens (tertiary/aromatic N) is 4. The van der Waals surface area contributed by atoms with Gasteiger partial charge in [-0.1, -0.05) is 12.1 Å². The number of amides is 1. The Morgan fingerprint density at radius 1 is 1.27 bits per heavy atom. The molecular formula is C26H27F4N4O4PS. The Morgan fingerprint density at radius 2 is 1.95 bits per heavy atom. The molecule has 0 aliphatic carbocycles. The molecule has 2 aromatic heterocycles. The van der Waals surface area contributed by atoms with Gasteiger partial charge in [-0.25, -0.2) is 4.39 Å². The van der Waals surface area contributed by atoms with Crippen LogP contribution in [-0.4, -0.2) is 46.5 Å². The average Bonchev–Trinajstić information content (AvgIpc) is 3.43. The van der Waals surface area contributed by atoms with E-state index in [0.717, 1.165) is 28.3 Å². The normalized spacial score (nSPS) is 15.7. The van der Waals surface area contributed by atoms with E-state index in [0.29, 0.717) is 20.9 Å². The first-order valence-corrected chi connectivity index (χ1v) is 15.0. The highest BCUT2D eigenvalue weighted by molar-refractivity contribution is 7.54. The van der Waals surface area contributed by atoms with Crippen LogP contribution in [0.5, 0.6) is 0 Å². The zero-order valence-corrected chi connectivity index (χ0v) is 23.9. The number of halogens is 4. The molecule has 1 aliphatic heterocycles. The molecule has 14 heteroatoms. The maximum atomic E-state index is 15.5. The van der Waals surface area contributed by atoms with E-state index in [9.17, 15) is 27.8 Å². The number of hydrogen-bond acceptors (Lipinski definition) is 7. The molecule has 1 aromatic carbocycles. The third-order valence-corrected chi connectivity index (χ3v) is 9.74. The number of aryl methyl sites for hydroxylation is 1. The number of benzene rings is 1. The first-order valence-electron chi connectivity index (χ1n) is 12.4. The van der Waals surface area contributed by atoms with Gasteiger partial charge in [0.05, 0.1) is 19.8 Å². The van der Waals surface area contributed by atoms with Gasteiger partial charge in [0.2, 0.25) is 5.91 Å². The molecule has 0 radical (unpaired) electrons. The first kappa shape index (κ1) is 29.9. The van der Waals surface area contributed by atoms with Gasteiger partial charge in [0.15, 0.2) is 5.69 Å². The summed E-state index contributed by atoms with van der Waals surface area (Å²) in [7, 11) is -2.44. The van der Waals surface area contributed by atoms with Crippen LogP contribution >= 0.6 is 18.9 Å². The summed E-state index contributed by atoms with van der Waals surface area (Å²) in [6.45, 7) is 5.12. The largest absolute Gasteiger partial charge is 0.435 e. The summed E-state index contributed by atoms with van der Waals surface area (Å²) in [5.41, 5.74) is -0.468. The van der Waals surface area contributed by atoms with Gasteiger partial charge in [0.1, 0.15) is 22.9 Å². The summed E-state index contributed by atoms with van der Waals surface area (Å²) in [6, 6.07) is 6.10. The molecule has 0 saturated heterocycles. The van der Waals surface area contributed by atoms with Gasteiger partial charge in [-0.3, -0.25) is 14.0 Å². The van der Waals surface area contributed by atoms with Crippen molar-refractivity contribution in [1.82, 2.24) is 14.7 Å². The molecule has 8 nitrogen and oxygen atoms in total. The van der Waals surface area contributed by atoms with Gasteiger partial charge in [0.25, 0.3) is 0 Å². The lowest BCUT2D eigenvalue weighted by Gasteiger charge is -2.35. The predicted octanol–water partition coefficient (Wildman–Crippen LogP) is 6.23. The third kappa shape index (κ3) is 5.72. The lowest BCUT2D eigenvalue weighted by molar-refractivity contribution is -0.141. The highest BCUT2D eigenvalue weighted by Gasteiger charge is 2.41. The number of rotatable bonds is 8. The van der Waals surface area contributed by atoms with Gasteiger partial charge in [-0.2, -0.15) is 23.5 Å². The summed E-state index contributed by atoms with van der Waals surface area (Å²) >= 11 is 1.16. The highest BCUT2D eigenvalue weighted by Crippen LogP contribution is 2.50. The Balaban J connectivity index is 1.87. The van der Waals surface area contributed by atoms with Crippen molar-refractivity contribution in [3.8, 4) is 17.2 Å². The first-order chi connectivity index (χ1) is 18.8. The molecule has 0 unspecified atom stereocenters. The molecule has 1 atom stereocenters. The number of carbonyl (C=O) groups is 1. The zero-order chi connectivity index (χ0) is 29.4. The summed E-state index contributed by atoms with van der Waals surface area (Å²) in [4.78, 5) is 15.8. The van der Waals surface area contributed by atoms with Gasteiger partial charge >= 0.3 is 13.8 Å². The van der Waals surface area contributed by atoms with Crippen molar-refractivity contribution < 1.29 is 36.0 Å². The topological polar surface area (TPSA) is 97.5 Å². The Morgan fingerprint density at radius 3 is 2.55 bits per heavy atom. The molecule has 0 saturated carbocycles. The Hall–Kier alpha value is -3.04. The van der Waals surface area contributed by atoms with E-state index in [1.807, 2.05) is 0 Å². The minimum atomic E-state index is -4.85. The van der Waals surface area contributed by atoms with E-state index in [4.69, 9.17) is 9.05 Å². The number of nitriles is 1. The van der Waals surface area contributed by atoms with Crippen molar-refractivity contribution in [1.29, 1.82) is 5.26 Å². The number of thiophene rings is 1. The number of fused-ring (bicyclic) bond motifs is 1. The summed E-state index contributed by atoms with van der Waals surface area (Å²) in [6.07, 6.45) is -4.27. The molecule has 40 heavy (non-hydrogen) atoms. The van der Waals surface area contributed by atoms with Gasteiger partial charge in [0, 0.05) is 41.7 Å². The number of alkyl halides is 3. The summed E-state index contributed by atoms with van der Waals surface area (Å²) < 4.78 is 81.8. The quantitative estimate of drug-likeness (QED) is 0.225. The molecule has 0 spiro atoms. The SMILES string of the molecule is CCOP(=O)(CC(=O)N1Cc2sc(C#N)c(C)c2[C@H](c2cccc(F)c2-c2cn(C)nc2C(F)(F)F)C1)OCC. The minimum absolute atomic E-state index is 0.0510. The lowest BCUT2D eigenvalue weighted by Crippen LogP contribution is -2.40. The second-order valence-corrected chi connectivity index (χ2v) is 12.4. The molecule has 1 aliphatic rings. The van der Waals surface area contributed by atoms with Crippen LogP contribution in [-0.2, 0) is 38.2 Å². The van der Waals surface area contributed by atoms with Crippen LogP contribution in [0.25, 0.3) is 11.1 Å². The number of carbonyl (C=O) groups excluding carboxylic acids is 1. The van der Waals surface area contributed by atoms with Crippen molar-refractivity contribution in [3.05, 3.63) is 62.4 Å². The fourth-order valence-corrected chi connectivity index (χ4v) is 7.80. The highest BCUT2D eigenvalue weighted by atomic mass is 32.1. The molecule has 4 rings (SSSR count). The molecule has 0 N–H and O–H groups in total. The van der Waals surface area contributed by atoms with Crippen molar-refractivity contribution >= 4 is 24.8 Å². The fourth-order valence-electron chi connectivity index (χ4n) is 5.04. The van der Waals surface area contributed by atoms with Crippen LogP contribution < -0.4 is 0 Å².